The zero-order chi connectivity index (χ0) is 21.2. The molecule has 0 unspecified atom stereocenters. The number of hydrogen-bond acceptors (Lipinski definition) is 4. The van der Waals surface area contributed by atoms with Crippen LogP contribution >= 0.6 is 11.6 Å². The number of ether oxygens (including phenoxy) is 2. The predicted molar refractivity (Wildman–Crippen MR) is 108 cm³/mol. The van der Waals surface area contributed by atoms with Gasteiger partial charge in [0.2, 0.25) is 0 Å². The molecule has 0 aliphatic carbocycles. The van der Waals surface area contributed by atoms with Gasteiger partial charge in [-0.3, -0.25) is 10.3 Å². The minimum absolute atomic E-state index is 0.0426. The number of rotatable bonds is 7. The Morgan fingerprint density at radius 2 is 1.83 bits per heavy atom. The van der Waals surface area contributed by atoms with E-state index < -0.39 is 12.7 Å². The van der Waals surface area contributed by atoms with Gasteiger partial charge in [0.05, 0.1) is 7.11 Å². The quantitative estimate of drug-likeness (QED) is 0.460. The number of carbonyl (C=O) groups is 1. The van der Waals surface area contributed by atoms with Gasteiger partial charge in [-0.05, 0) is 35.9 Å². The molecule has 0 aliphatic rings. The van der Waals surface area contributed by atoms with Gasteiger partial charge in [0, 0.05) is 36.4 Å². The van der Waals surface area contributed by atoms with Crippen LogP contribution < -0.4 is 20.7 Å². The maximum absolute atomic E-state index is 12.6. The number of benzene rings is 2. The second-order valence-corrected chi connectivity index (χ2v) is 6.16. The highest BCUT2D eigenvalue weighted by Crippen LogP contribution is 2.24. The molecule has 10 heteroatoms. The van der Waals surface area contributed by atoms with Gasteiger partial charge in [-0.1, -0.05) is 23.7 Å². The summed E-state index contributed by atoms with van der Waals surface area (Å²) in [5.74, 6) is 0.505. The molecule has 0 fully saturated rings. The number of carbonyl (C=O) groups excluding carboxylic acids is 1. The Labute approximate surface area is 172 Å². The van der Waals surface area contributed by atoms with Crippen LogP contribution in [0.1, 0.15) is 11.1 Å². The van der Waals surface area contributed by atoms with Crippen molar-refractivity contribution < 1.29 is 23.0 Å². The maximum atomic E-state index is 12.6. The third-order valence-electron chi connectivity index (χ3n) is 3.75. The van der Waals surface area contributed by atoms with Crippen molar-refractivity contribution in [2.45, 2.75) is 19.7 Å². The summed E-state index contributed by atoms with van der Waals surface area (Å²) < 4.78 is 34.1. The average Bonchev–Trinajstić information content (AvgIpc) is 2.70. The summed E-state index contributed by atoms with van der Waals surface area (Å²) in [6.07, 6.45) is -0.545. The predicted octanol–water partition coefficient (Wildman–Crippen LogP) is 3.98. The van der Waals surface area contributed by atoms with Crippen LogP contribution in [0.2, 0.25) is 5.02 Å². The number of hydrogen-bond donors (Lipinski definition) is 3. The third kappa shape index (κ3) is 7.46. The Kier molecular flexibility index (Phi) is 8.47. The van der Waals surface area contributed by atoms with Crippen molar-refractivity contribution in [1.82, 2.24) is 10.6 Å². The molecule has 1 amide bonds. The molecular formula is C19H21ClF2N4O3. The third-order valence-corrected chi connectivity index (χ3v) is 3.99. The molecule has 0 saturated heterocycles. The van der Waals surface area contributed by atoms with Crippen molar-refractivity contribution in [1.29, 1.82) is 0 Å². The molecule has 0 saturated carbocycles. The number of methoxy groups -OCH3 is 1. The van der Waals surface area contributed by atoms with Crippen molar-refractivity contribution in [3.05, 3.63) is 58.6 Å². The molecule has 156 valence electrons. The summed E-state index contributed by atoms with van der Waals surface area (Å²) in [7, 11) is 2.88. The van der Waals surface area contributed by atoms with Gasteiger partial charge in [0.1, 0.15) is 5.75 Å². The summed E-state index contributed by atoms with van der Waals surface area (Å²) in [5, 5.41) is 9.10. The number of anilines is 1. The minimum Gasteiger partial charge on any atom is -0.453 e. The van der Waals surface area contributed by atoms with E-state index in [1.165, 1.54) is 19.2 Å². The first-order valence-electron chi connectivity index (χ1n) is 8.53. The molecule has 0 bridgehead atoms. The van der Waals surface area contributed by atoms with E-state index in [-0.39, 0.29) is 12.3 Å². The molecule has 0 atom stereocenters. The summed E-state index contributed by atoms with van der Waals surface area (Å²) in [6.45, 7) is -2.29. The fraction of sp³-hybridized carbons (Fsp3) is 0.263. The maximum Gasteiger partial charge on any atom is 0.411 e. The minimum atomic E-state index is -2.93. The molecule has 3 N–H and O–H groups in total. The molecular weight excluding hydrogens is 406 g/mol. The monoisotopic (exact) mass is 426 g/mol. The zero-order valence-corrected chi connectivity index (χ0v) is 16.6. The molecule has 0 radical (unpaired) electrons. The largest absolute Gasteiger partial charge is 0.453 e. The highest BCUT2D eigenvalue weighted by Gasteiger charge is 2.11. The normalized spacial score (nSPS) is 11.2. The average molecular weight is 427 g/mol. The Morgan fingerprint density at radius 3 is 2.45 bits per heavy atom. The lowest BCUT2D eigenvalue weighted by Crippen LogP contribution is -2.36. The van der Waals surface area contributed by atoms with Crippen LogP contribution in [-0.2, 0) is 17.8 Å². The van der Waals surface area contributed by atoms with Crippen molar-refractivity contribution in [3.8, 4) is 5.75 Å². The molecule has 7 nitrogen and oxygen atoms in total. The Hall–Kier alpha value is -3.07. The van der Waals surface area contributed by atoms with Crippen LogP contribution in [0.4, 0.5) is 19.3 Å². The Balaban J connectivity index is 1.92. The van der Waals surface area contributed by atoms with E-state index >= 15 is 0 Å². The van der Waals surface area contributed by atoms with E-state index in [4.69, 9.17) is 11.6 Å². The number of nitrogens with zero attached hydrogens (tertiary/aromatic N) is 1. The summed E-state index contributed by atoms with van der Waals surface area (Å²) in [6, 6.07) is 11.6. The first-order valence-corrected chi connectivity index (χ1v) is 8.90. The van der Waals surface area contributed by atoms with Gasteiger partial charge in [-0.25, -0.2) is 4.79 Å². The number of amides is 1. The molecule has 0 spiro atoms. The van der Waals surface area contributed by atoms with Gasteiger partial charge >= 0.3 is 12.7 Å². The summed E-state index contributed by atoms with van der Waals surface area (Å²) in [4.78, 5) is 15.3. The SMILES string of the molecule is CN=C(NCc1ccc(NC(=O)OC)cc1)NCc1cc(Cl)ccc1OC(F)F. The standard InChI is InChI=1S/C19H21ClF2N4O3/c1-23-18(24-10-12-3-6-15(7-4-12)26-19(27)28-2)25-11-13-9-14(20)5-8-16(13)29-17(21)22/h3-9,17H,10-11H2,1-2H3,(H,26,27)(H2,23,24,25). The number of guanidine groups is 1. The van der Waals surface area contributed by atoms with Crippen molar-refractivity contribution in [2.24, 2.45) is 4.99 Å². The molecule has 2 aromatic rings. The van der Waals surface area contributed by atoms with Gasteiger partial charge < -0.3 is 20.1 Å². The number of alkyl halides is 2. The summed E-state index contributed by atoms with van der Waals surface area (Å²) >= 11 is 5.95. The number of aliphatic imine (C=N–C) groups is 1. The Morgan fingerprint density at radius 1 is 1.14 bits per heavy atom. The van der Waals surface area contributed by atoms with E-state index in [1.807, 2.05) is 12.1 Å². The van der Waals surface area contributed by atoms with E-state index in [9.17, 15) is 13.6 Å². The van der Waals surface area contributed by atoms with Crippen LogP contribution in [0.5, 0.6) is 5.75 Å². The van der Waals surface area contributed by atoms with Crippen molar-refractivity contribution >= 4 is 29.3 Å². The highest BCUT2D eigenvalue weighted by molar-refractivity contribution is 6.30. The fourth-order valence-electron chi connectivity index (χ4n) is 2.36. The molecule has 0 heterocycles. The van der Waals surface area contributed by atoms with Crippen LogP contribution in [-0.4, -0.2) is 32.8 Å². The van der Waals surface area contributed by atoms with Gasteiger partial charge in [0.15, 0.2) is 5.96 Å². The lowest BCUT2D eigenvalue weighted by Gasteiger charge is -2.15. The smallest absolute Gasteiger partial charge is 0.411 e. The van der Waals surface area contributed by atoms with Crippen LogP contribution in [0.15, 0.2) is 47.5 Å². The van der Waals surface area contributed by atoms with Gasteiger partial charge in [-0.15, -0.1) is 0 Å². The number of halogens is 3. The number of nitrogens with one attached hydrogen (secondary N) is 3. The van der Waals surface area contributed by atoms with E-state index in [0.29, 0.717) is 28.8 Å². The molecule has 0 aliphatic heterocycles. The molecule has 29 heavy (non-hydrogen) atoms. The Bertz CT molecular complexity index is 848. The lowest BCUT2D eigenvalue weighted by molar-refractivity contribution is -0.0504. The fourth-order valence-corrected chi connectivity index (χ4v) is 2.55. The van der Waals surface area contributed by atoms with Crippen molar-refractivity contribution in [2.75, 3.05) is 19.5 Å². The molecule has 0 aromatic heterocycles. The van der Waals surface area contributed by atoms with Gasteiger partial charge in [0.25, 0.3) is 0 Å². The van der Waals surface area contributed by atoms with E-state index in [0.717, 1.165) is 5.56 Å². The summed E-state index contributed by atoms with van der Waals surface area (Å²) in [5.41, 5.74) is 2.02. The molecule has 2 rings (SSSR count). The van der Waals surface area contributed by atoms with Crippen LogP contribution in [0, 0.1) is 0 Å². The van der Waals surface area contributed by atoms with Crippen molar-refractivity contribution in [3.63, 3.8) is 0 Å². The second-order valence-electron chi connectivity index (χ2n) is 5.72. The van der Waals surface area contributed by atoms with Gasteiger partial charge in [-0.2, -0.15) is 8.78 Å². The first kappa shape index (κ1) is 22.2. The van der Waals surface area contributed by atoms with E-state index in [1.54, 1.807) is 25.2 Å². The topological polar surface area (TPSA) is 84.0 Å². The second kappa shape index (κ2) is 11.1. The van der Waals surface area contributed by atoms with E-state index in [2.05, 4.69) is 30.4 Å². The van der Waals surface area contributed by atoms with Crippen LogP contribution in [0.25, 0.3) is 0 Å². The first-order chi connectivity index (χ1) is 13.9. The highest BCUT2D eigenvalue weighted by atomic mass is 35.5. The molecule has 2 aromatic carbocycles. The van der Waals surface area contributed by atoms with Crippen LogP contribution in [0.3, 0.4) is 0 Å². The zero-order valence-electron chi connectivity index (χ0n) is 15.8. The lowest BCUT2D eigenvalue weighted by atomic mass is 10.2.